The molecule has 3 heterocycles. The number of anilines is 2. The smallest absolute Gasteiger partial charge is 0.238 e. The summed E-state index contributed by atoms with van der Waals surface area (Å²) in [6, 6.07) is 10.6. The fraction of sp³-hybridized carbons (Fsp3) is 0.348. The van der Waals surface area contributed by atoms with Crippen LogP contribution < -0.4 is 20.1 Å². The number of nitrogens with zero attached hydrogens (tertiary/aromatic N) is 1. The minimum absolute atomic E-state index is 0.0709. The van der Waals surface area contributed by atoms with Gasteiger partial charge in [0, 0.05) is 47.1 Å². The number of likely N-dealkylation sites (tertiary alicyclic amines) is 1. The van der Waals surface area contributed by atoms with E-state index < -0.39 is 5.25 Å². The van der Waals surface area contributed by atoms with Crippen molar-refractivity contribution in [3.8, 4) is 11.5 Å². The van der Waals surface area contributed by atoms with Gasteiger partial charge in [0.05, 0.1) is 10.9 Å². The zero-order chi connectivity index (χ0) is 22.9. The summed E-state index contributed by atoms with van der Waals surface area (Å²) in [5.41, 5.74) is 1.33. The number of carbonyl (C=O) groups is 3. The number of carbonyl (C=O) groups excluding carboxylic acids is 3. The van der Waals surface area contributed by atoms with Crippen molar-refractivity contribution in [2.24, 2.45) is 5.92 Å². The third-order valence-electron chi connectivity index (χ3n) is 5.98. The van der Waals surface area contributed by atoms with Crippen LogP contribution in [0.5, 0.6) is 11.5 Å². The number of nitrogens with one attached hydrogen (secondary N) is 2. The zero-order valence-electron chi connectivity index (χ0n) is 17.6. The maximum absolute atomic E-state index is 12.8. The average molecular weight is 488 g/mol. The lowest BCUT2D eigenvalue weighted by atomic mass is 9.95. The molecule has 0 aromatic heterocycles. The number of rotatable bonds is 4. The molecule has 1 atom stereocenters. The molecule has 0 spiro atoms. The SMILES string of the molecule is O=C(Nc1ccc2c(c1)OCO2)C1CCN(C(=O)CC2Sc3ccc(Cl)cc3NC2=O)CC1. The summed E-state index contributed by atoms with van der Waals surface area (Å²) < 4.78 is 10.6. The molecule has 2 aromatic rings. The van der Waals surface area contributed by atoms with Gasteiger partial charge in [-0.3, -0.25) is 14.4 Å². The van der Waals surface area contributed by atoms with Gasteiger partial charge in [0.1, 0.15) is 0 Å². The van der Waals surface area contributed by atoms with Gasteiger partial charge in [0.2, 0.25) is 24.5 Å². The maximum atomic E-state index is 12.8. The van der Waals surface area contributed by atoms with E-state index in [4.69, 9.17) is 21.1 Å². The lowest BCUT2D eigenvalue weighted by molar-refractivity contribution is -0.135. The number of hydrogen-bond donors (Lipinski definition) is 2. The normalized spacial score (nSPS) is 19.6. The molecule has 2 N–H and O–H groups in total. The molecule has 33 heavy (non-hydrogen) atoms. The first-order valence-electron chi connectivity index (χ1n) is 10.7. The number of amides is 3. The van der Waals surface area contributed by atoms with E-state index in [-0.39, 0.29) is 36.9 Å². The van der Waals surface area contributed by atoms with Crippen LogP contribution in [0.15, 0.2) is 41.3 Å². The van der Waals surface area contributed by atoms with E-state index in [1.54, 1.807) is 35.2 Å². The topological polar surface area (TPSA) is 97.0 Å². The van der Waals surface area contributed by atoms with Crippen LogP contribution in [-0.4, -0.2) is 47.8 Å². The first kappa shape index (κ1) is 21.9. The lowest BCUT2D eigenvalue weighted by Crippen LogP contribution is -2.43. The number of fused-ring (bicyclic) bond motifs is 2. The fourth-order valence-corrected chi connectivity index (χ4v) is 5.41. The second-order valence-corrected chi connectivity index (χ2v) is 9.83. The molecule has 1 fully saturated rings. The van der Waals surface area contributed by atoms with Crippen molar-refractivity contribution in [3.05, 3.63) is 41.4 Å². The summed E-state index contributed by atoms with van der Waals surface area (Å²) in [6.45, 7) is 1.16. The Balaban J connectivity index is 1.12. The monoisotopic (exact) mass is 487 g/mol. The van der Waals surface area contributed by atoms with Crippen molar-refractivity contribution >= 4 is 52.5 Å². The largest absolute Gasteiger partial charge is 0.454 e. The number of piperidine rings is 1. The minimum atomic E-state index is -0.488. The highest BCUT2D eigenvalue weighted by molar-refractivity contribution is 8.01. The molecule has 10 heteroatoms. The Morgan fingerprint density at radius 1 is 1.12 bits per heavy atom. The summed E-state index contributed by atoms with van der Waals surface area (Å²) >= 11 is 7.37. The molecular weight excluding hydrogens is 466 g/mol. The van der Waals surface area contributed by atoms with Gasteiger partial charge in [-0.15, -0.1) is 11.8 Å². The summed E-state index contributed by atoms with van der Waals surface area (Å²) in [5, 5.41) is 5.82. The van der Waals surface area contributed by atoms with Crippen LogP contribution in [0.3, 0.4) is 0 Å². The van der Waals surface area contributed by atoms with E-state index in [1.165, 1.54) is 11.8 Å². The predicted octanol–water partition coefficient (Wildman–Crippen LogP) is 3.75. The molecule has 8 nitrogen and oxygen atoms in total. The quantitative estimate of drug-likeness (QED) is 0.681. The second-order valence-electron chi connectivity index (χ2n) is 8.15. The molecule has 3 amide bonds. The molecule has 1 saturated heterocycles. The van der Waals surface area contributed by atoms with Crippen molar-refractivity contribution in [1.29, 1.82) is 0 Å². The average Bonchev–Trinajstić information content (AvgIpc) is 3.27. The number of halogens is 1. The van der Waals surface area contributed by atoms with Gasteiger partial charge < -0.3 is 25.0 Å². The summed E-state index contributed by atoms with van der Waals surface area (Å²) in [4.78, 5) is 40.6. The molecule has 3 aliphatic rings. The van der Waals surface area contributed by atoms with Gasteiger partial charge in [-0.1, -0.05) is 11.6 Å². The van der Waals surface area contributed by atoms with Crippen LogP contribution in [0.2, 0.25) is 5.02 Å². The number of thioether (sulfide) groups is 1. The predicted molar refractivity (Wildman–Crippen MR) is 125 cm³/mol. The van der Waals surface area contributed by atoms with Gasteiger partial charge >= 0.3 is 0 Å². The molecule has 2 aromatic carbocycles. The molecule has 0 saturated carbocycles. The van der Waals surface area contributed by atoms with Crippen LogP contribution >= 0.6 is 23.4 Å². The van der Waals surface area contributed by atoms with Crippen LogP contribution in [-0.2, 0) is 14.4 Å². The standard InChI is InChI=1S/C23H22ClN3O5S/c24-14-1-4-19-16(9-14)26-23(30)20(33-19)11-21(28)27-7-5-13(6-8-27)22(29)25-15-2-3-17-18(10-15)32-12-31-17/h1-4,9-10,13,20H,5-8,11-12H2,(H,25,29)(H,26,30). The first-order chi connectivity index (χ1) is 16.0. The van der Waals surface area contributed by atoms with Crippen molar-refractivity contribution in [2.75, 3.05) is 30.5 Å². The Bertz CT molecular complexity index is 1120. The number of ether oxygens (including phenoxy) is 2. The number of benzene rings is 2. The molecule has 5 rings (SSSR count). The van der Waals surface area contributed by atoms with Crippen LogP contribution in [0.1, 0.15) is 19.3 Å². The van der Waals surface area contributed by atoms with Crippen LogP contribution in [0, 0.1) is 5.92 Å². The van der Waals surface area contributed by atoms with Crippen molar-refractivity contribution in [1.82, 2.24) is 4.90 Å². The van der Waals surface area contributed by atoms with E-state index in [0.717, 1.165) is 4.90 Å². The van der Waals surface area contributed by atoms with Crippen LogP contribution in [0.4, 0.5) is 11.4 Å². The fourth-order valence-electron chi connectivity index (χ4n) is 4.15. The van der Waals surface area contributed by atoms with E-state index >= 15 is 0 Å². The van der Waals surface area contributed by atoms with Gasteiger partial charge in [0.25, 0.3) is 0 Å². The Labute approximate surface area is 199 Å². The van der Waals surface area contributed by atoms with Crippen molar-refractivity contribution in [2.45, 2.75) is 29.4 Å². The van der Waals surface area contributed by atoms with E-state index in [1.807, 2.05) is 6.07 Å². The summed E-state index contributed by atoms with van der Waals surface area (Å²) in [6.07, 6.45) is 1.27. The van der Waals surface area contributed by atoms with Gasteiger partial charge in [0.15, 0.2) is 11.5 Å². The highest BCUT2D eigenvalue weighted by atomic mass is 35.5. The summed E-state index contributed by atoms with van der Waals surface area (Å²) in [5.74, 6) is 0.762. The molecule has 0 aliphatic carbocycles. The number of hydrogen-bond acceptors (Lipinski definition) is 6. The highest BCUT2D eigenvalue weighted by Gasteiger charge is 2.33. The van der Waals surface area contributed by atoms with Crippen molar-refractivity contribution < 1.29 is 23.9 Å². The third kappa shape index (κ3) is 4.74. The lowest BCUT2D eigenvalue weighted by Gasteiger charge is -2.32. The highest BCUT2D eigenvalue weighted by Crippen LogP contribution is 2.39. The third-order valence-corrected chi connectivity index (χ3v) is 7.49. The Morgan fingerprint density at radius 3 is 2.73 bits per heavy atom. The van der Waals surface area contributed by atoms with E-state index in [9.17, 15) is 14.4 Å². The minimum Gasteiger partial charge on any atom is -0.454 e. The second kappa shape index (κ2) is 9.15. The van der Waals surface area contributed by atoms with Crippen LogP contribution in [0.25, 0.3) is 0 Å². The molecular formula is C23H22ClN3O5S. The molecule has 0 radical (unpaired) electrons. The van der Waals surface area contributed by atoms with Crippen molar-refractivity contribution in [3.63, 3.8) is 0 Å². The molecule has 3 aliphatic heterocycles. The first-order valence-corrected chi connectivity index (χ1v) is 12.0. The van der Waals surface area contributed by atoms with E-state index in [2.05, 4.69) is 10.6 Å². The molecule has 1 unspecified atom stereocenters. The molecule has 172 valence electrons. The molecule has 0 bridgehead atoms. The van der Waals surface area contributed by atoms with E-state index in [0.29, 0.717) is 53.8 Å². The Hall–Kier alpha value is -2.91. The van der Waals surface area contributed by atoms with Gasteiger partial charge in [-0.05, 0) is 43.2 Å². The Morgan fingerprint density at radius 2 is 1.91 bits per heavy atom. The van der Waals surface area contributed by atoms with Gasteiger partial charge in [-0.25, -0.2) is 0 Å². The Kier molecular flexibility index (Phi) is 6.07. The zero-order valence-corrected chi connectivity index (χ0v) is 19.2. The summed E-state index contributed by atoms with van der Waals surface area (Å²) in [7, 11) is 0. The van der Waals surface area contributed by atoms with Gasteiger partial charge in [-0.2, -0.15) is 0 Å². The maximum Gasteiger partial charge on any atom is 0.238 e.